The molecule has 0 aromatic heterocycles. The number of carbonyl (C=O) groups excluding carboxylic acids is 1. The van der Waals surface area contributed by atoms with E-state index in [1.165, 1.54) is 5.57 Å². The number of rotatable bonds is 6. The van der Waals surface area contributed by atoms with Gasteiger partial charge in [0.25, 0.3) is 0 Å². The van der Waals surface area contributed by atoms with E-state index in [9.17, 15) is 4.79 Å². The Hall–Kier alpha value is -1.42. The largest absolute Gasteiger partial charge is 0.370 e. The lowest BCUT2D eigenvalue weighted by molar-refractivity contribution is -0.142. The van der Waals surface area contributed by atoms with Gasteiger partial charge in [0.15, 0.2) is 0 Å². The summed E-state index contributed by atoms with van der Waals surface area (Å²) in [5.41, 5.74) is 2.23. The van der Waals surface area contributed by atoms with Gasteiger partial charge in [0, 0.05) is 25.0 Å². The third kappa shape index (κ3) is 5.83. The fourth-order valence-electron chi connectivity index (χ4n) is 1.80. The summed E-state index contributed by atoms with van der Waals surface area (Å²) in [6.07, 6.45) is 7.88. The first kappa shape index (κ1) is 15.6. The molecule has 0 radical (unpaired) electrons. The zero-order valence-corrected chi connectivity index (χ0v) is 12.2. The summed E-state index contributed by atoms with van der Waals surface area (Å²) in [6, 6.07) is 0. The van der Waals surface area contributed by atoms with Crippen LogP contribution in [0.2, 0.25) is 0 Å². The molecule has 1 aliphatic heterocycles. The Morgan fingerprint density at radius 2 is 2.21 bits per heavy atom. The van der Waals surface area contributed by atoms with Crippen LogP contribution in [0.1, 0.15) is 33.6 Å². The Labute approximate surface area is 115 Å². The van der Waals surface area contributed by atoms with E-state index in [-0.39, 0.29) is 12.5 Å². The van der Waals surface area contributed by atoms with Crippen LogP contribution in [-0.4, -0.2) is 43.3 Å². The second-order valence-corrected chi connectivity index (χ2v) is 4.59. The fraction of sp³-hybridized carbons (Fsp3) is 0.600. The SMILES string of the molecule is C\C=C(/C=N\C(C)=C/C)CCCN1CCOCC1=O. The highest BCUT2D eigenvalue weighted by molar-refractivity contribution is 5.79. The second kappa shape index (κ2) is 8.64. The maximum Gasteiger partial charge on any atom is 0.248 e. The molecule has 1 rings (SSSR count). The zero-order chi connectivity index (χ0) is 14.1. The first-order valence-corrected chi connectivity index (χ1v) is 6.85. The molecule has 0 spiro atoms. The molecule has 0 atom stereocenters. The van der Waals surface area contributed by atoms with Crippen molar-refractivity contribution in [1.29, 1.82) is 0 Å². The summed E-state index contributed by atoms with van der Waals surface area (Å²) in [5.74, 6) is 0.103. The lowest BCUT2D eigenvalue weighted by Gasteiger charge is -2.26. The van der Waals surface area contributed by atoms with Crippen LogP contribution in [0.3, 0.4) is 0 Å². The average Bonchev–Trinajstić information content (AvgIpc) is 2.44. The van der Waals surface area contributed by atoms with Crippen LogP contribution >= 0.6 is 0 Å². The lowest BCUT2D eigenvalue weighted by atomic mass is 10.1. The van der Waals surface area contributed by atoms with Crippen molar-refractivity contribution in [2.24, 2.45) is 4.99 Å². The van der Waals surface area contributed by atoms with Gasteiger partial charge in [0.2, 0.25) is 5.91 Å². The monoisotopic (exact) mass is 264 g/mol. The molecule has 0 unspecified atom stereocenters. The number of ether oxygens (including phenoxy) is 1. The highest BCUT2D eigenvalue weighted by Gasteiger charge is 2.17. The summed E-state index contributed by atoms with van der Waals surface area (Å²) in [6.45, 7) is 8.39. The highest BCUT2D eigenvalue weighted by atomic mass is 16.5. The Morgan fingerprint density at radius 3 is 2.84 bits per heavy atom. The van der Waals surface area contributed by atoms with Gasteiger partial charge in [-0.05, 0) is 39.2 Å². The van der Waals surface area contributed by atoms with Crippen molar-refractivity contribution in [2.45, 2.75) is 33.6 Å². The summed E-state index contributed by atoms with van der Waals surface area (Å²) in [4.78, 5) is 17.8. The normalized spacial score (nSPS) is 18.5. The minimum atomic E-state index is 0.103. The van der Waals surface area contributed by atoms with Gasteiger partial charge in [-0.15, -0.1) is 0 Å². The van der Waals surface area contributed by atoms with E-state index in [1.54, 1.807) is 0 Å². The van der Waals surface area contributed by atoms with E-state index in [4.69, 9.17) is 4.74 Å². The van der Waals surface area contributed by atoms with E-state index in [0.717, 1.165) is 31.6 Å². The number of hydrogen-bond acceptors (Lipinski definition) is 3. The Morgan fingerprint density at radius 1 is 1.42 bits per heavy atom. The molecule has 1 fully saturated rings. The molecule has 4 nitrogen and oxygen atoms in total. The predicted molar refractivity (Wildman–Crippen MR) is 78.3 cm³/mol. The maximum absolute atomic E-state index is 11.5. The molecule has 0 saturated carbocycles. The van der Waals surface area contributed by atoms with Crippen LogP contribution in [0.15, 0.2) is 28.4 Å². The molecule has 0 aliphatic carbocycles. The van der Waals surface area contributed by atoms with Gasteiger partial charge in [0.1, 0.15) is 6.61 Å². The van der Waals surface area contributed by atoms with Gasteiger partial charge in [-0.3, -0.25) is 9.79 Å². The third-order valence-corrected chi connectivity index (χ3v) is 3.20. The van der Waals surface area contributed by atoms with E-state index in [1.807, 2.05) is 38.0 Å². The molecular formula is C15H24N2O2. The van der Waals surface area contributed by atoms with Crippen molar-refractivity contribution in [2.75, 3.05) is 26.3 Å². The van der Waals surface area contributed by atoms with Crippen LogP contribution in [-0.2, 0) is 9.53 Å². The first-order valence-electron chi connectivity index (χ1n) is 6.85. The first-order chi connectivity index (χ1) is 9.17. The van der Waals surface area contributed by atoms with Crippen LogP contribution in [0.25, 0.3) is 0 Å². The number of hydrogen-bond donors (Lipinski definition) is 0. The van der Waals surface area contributed by atoms with Gasteiger partial charge in [-0.25, -0.2) is 0 Å². The summed E-state index contributed by atoms with van der Waals surface area (Å²) in [5, 5.41) is 0. The highest BCUT2D eigenvalue weighted by Crippen LogP contribution is 2.07. The molecule has 0 aromatic rings. The van der Waals surface area contributed by atoms with Gasteiger partial charge >= 0.3 is 0 Å². The van der Waals surface area contributed by atoms with Crippen molar-refractivity contribution >= 4 is 12.1 Å². The molecule has 106 valence electrons. The van der Waals surface area contributed by atoms with Crippen LogP contribution < -0.4 is 0 Å². The van der Waals surface area contributed by atoms with E-state index in [2.05, 4.69) is 11.1 Å². The minimum absolute atomic E-state index is 0.103. The fourth-order valence-corrected chi connectivity index (χ4v) is 1.80. The average molecular weight is 264 g/mol. The Bertz CT molecular complexity index is 384. The molecule has 0 N–H and O–H groups in total. The topological polar surface area (TPSA) is 41.9 Å². The number of amides is 1. The Kier molecular flexibility index (Phi) is 7.11. The van der Waals surface area contributed by atoms with E-state index < -0.39 is 0 Å². The Balaban J connectivity index is 2.34. The summed E-state index contributed by atoms with van der Waals surface area (Å²) >= 11 is 0. The van der Waals surface area contributed by atoms with E-state index in [0.29, 0.717) is 6.61 Å². The lowest BCUT2D eigenvalue weighted by Crippen LogP contribution is -2.42. The van der Waals surface area contributed by atoms with Crippen molar-refractivity contribution in [3.8, 4) is 0 Å². The second-order valence-electron chi connectivity index (χ2n) is 4.59. The van der Waals surface area contributed by atoms with Gasteiger partial charge in [-0.2, -0.15) is 0 Å². The van der Waals surface area contributed by atoms with Gasteiger partial charge in [0.05, 0.1) is 6.61 Å². The van der Waals surface area contributed by atoms with Crippen LogP contribution in [0.4, 0.5) is 0 Å². The van der Waals surface area contributed by atoms with Crippen molar-refractivity contribution in [3.05, 3.63) is 23.4 Å². The maximum atomic E-state index is 11.5. The van der Waals surface area contributed by atoms with Crippen molar-refractivity contribution < 1.29 is 9.53 Å². The number of nitrogens with zero attached hydrogens (tertiary/aromatic N) is 2. The van der Waals surface area contributed by atoms with Crippen LogP contribution in [0, 0.1) is 0 Å². The molecule has 1 saturated heterocycles. The predicted octanol–water partition coefficient (Wildman–Crippen LogP) is 2.57. The standard InChI is InChI=1S/C15H24N2O2/c1-4-13(3)16-11-14(5-2)7-6-8-17-9-10-19-12-15(17)18/h4-5,11H,6-10,12H2,1-3H3/b13-4-,14-5-,16-11-. The summed E-state index contributed by atoms with van der Waals surface area (Å²) < 4.78 is 5.11. The molecule has 1 amide bonds. The van der Waals surface area contributed by atoms with Gasteiger partial charge < -0.3 is 9.64 Å². The molecule has 0 bridgehead atoms. The molecule has 0 aromatic carbocycles. The van der Waals surface area contributed by atoms with Crippen LogP contribution in [0.5, 0.6) is 0 Å². The number of allylic oxidation sites excluding steroid dienone is 4. The minimum Gasteiger partial charge on any atom is -0.370 e. The number of aliphatic imine (C=N–C) groups is 1. The van der Waals surface area contributed by atoms with Crippen molar-refractivity contribution in [3.63, 3.8) is 0 Å². The molecular weight excluding hydrogens is 240 g/mol. The smallest absolute Gasteiger partial charge is 0.248 e. The van der Waals surface area contributed by atoms with Gasteiger partial charge in [-0.1, -0.05) is 12.2 Å². The van der Waals surface area contributed by atoms with E-state index >= 15 is 0 Å². The number of morpholine rings is 1. The molecule has 4 heteroatoms. The molecule has 1 aliphatic rings. The third-order valence-electron chi connectivity index (χ3n) is 3.20. The van der Waals surface area contributed by atoms with Crippen molar-refractivity contribution in [1.82, 2.24) is 4.90 Å². The quantitative estimate of drug-likeness (QED) is 0.692. The summed E-state index contributed by atoms with van der Waals surface area (Å²) in [7, 11) is 0. The number of carbonyl (C=O) groups is 1. The molecule has 19 heavy (non-hydrogen) atoms. The zero-order valence-electron chi connectivity index (χ0n) is 12.2. The molecule has 1 heterocycles.